The van der Waals surface area contributed by atoms with Crippen LogP contribution in [0.1, 0.15) is 24.0 Å². The molecule has 0 bridgehead atoms. The van der Waals surface area contributed by atoms with Crippen molar-refractivity contribution in [3.63, 3.8) is 0 Å². The van der Waals surface area contributed by atoms with E-state index in [1.807, 2.05) is 48.5 Å². The summed E-state index contributed by atoms with van der Waals surface area (Å²) in [5.74, 6) is 0.750. The van der Waals surface area contributed by atoms with Crippen LogP contribution in [-0.4, -0.2) is 6.36 Å². The molecule has 31 heavy (non-hydrogen) atoms. The first-order valence-corrected chi connectivity index (χ1v) is 9.87. The summed E-state index contributed by atoms with van der Waals surface area (Å²) in [4.78, 5) is 0. The molecule has 1 aliphatic carbocycles. The topological polar surface area (TPSA) is 18.5 Å². The molecular formula is C25H20F4O2. The molecule has 0 unspecified atom stereocenters. The van der Waals surface area contributed by atoms with Crippen molar-refractivity contribution in [1.82, 2.24) is 0 Å². The van der Waals surface area contributed by atoms with Gasteiger partial charge in [0.1, 0.15) is 23.1 Å². The molecule has 2 nitrogen and oxygen atoms in total. The number of allylic oxidation sites excluding steroid dienone is 2. The maximum atomic E-state index is 14.8. The molecule has 0 aliphatic heterocycles. The highest BCUT2D eigenvalue weighted by molar-refractivity contribution is 5.42. The SMILES string of the molecule is F/C(=C\C1(c2ccc(OC(F)(F)F)cc2)CC1)Cc1cccc(Oc2ccccc2)c1. The molecule has 6 heteroatoms. The van der Waals surface area contributed by atoms with Crippen molar-refractivity contribution in [1.29, 1.82) is 0 Å². The maximum absolute atomic E-state index is 14.8. The molecule has 0 N–H and O–H groups in total. The van der Waals surface area contributed by atoms with E-state index in [9.17, 15) is 17.6 Å². The van der Waals surface area contributed by atoms with Crippen LogP contribution in [0, 0.1) is 0 Å². The van der Waals surface area contributed by atoms with Gasteiger partial charge in [0, 0.05) is 11.8 Å². The van der Waals surface area contributed by atoms with E-state index in [0.717, 1.165) is 24.0 Å². The average molecular weight is 428 g/mol. The minimum atomic E-state index is -4.73. The van der Waals surface area contributed by atoms with Crippen LogP contribution in [0.2, 0.25) is 0 Å². The number of benzene rings is 3. The second-order valence-corrected chi connectivity index (χ2v) is 7.56. The number of hydrogen-bond acceptors (Lipinski definition) is 2. The normalized spacial score (nSPS) is 15.4. The summed E-state index contributed by atoms with van der Waals surface area (Å²) in [6.07, 6.45) is -1.54. The first-order valence-electron chi connectivity index (χ1n) is 9.87. The highest BCUT2D eigenvalue weighted by atomic mass is 19.4. The Kier molecular flexibility index (Phi) is 5.72. The Labute approximate surface area is 177 Å². The fourth-order valence-electron chi connectivity index (χ4n) is 3.53. The van der Waals surface area contributed by atoms with Crippen LogP contribution < -0.4 is 9.47 Å². The zero-order chi connectivity index (χ0) is 21.9. The third-order valence-electron chi connectivity index (χ3n) is 5.13. The molecule has 0 spiro atoms. The minimum Gasteiger partial charge on any atom is -0.457 e. The number of hydrogen-bond donors (Lipinski definition) is 0. The fraction of sp³-hybridized carbons (Fsp3) is 0.200. The van der Waals surface area contributed by atoms with Gasteiger partial charge in [-0.25, -0.2) is 4.39 Å². The largest absolute Gasteiger partial charge is 0.573 e. The quantitative estimate of drug-likeness (QED) is 0.363. The van der Waals surface area contributed by atoms with E-state index in [0.29, 0.717) is 11.5 Å². The molecule has 0 heterocycles. The molecule has 4 rings (SSSR count). The monoisotopic (exact) mass is 428 g/mol. The Balaban J connectivity index is 1.44. The molecule has 3 aromatic carbocycles. The summed E-state index contributed by atoms with van der Waals surface area (Å²) in [7, 11) is 0. The van der Waals surface area contributed by atoms with Crippen LogP contribution in [0.4, 0.5) is 17.6 Å². The van der Waals surface area contributed by atoms with Gasteiger partial charge >= 0.3 is 6.36 Å². The fourth-order valence-corrected chi connectivity index (χ4v) is 3.53. The van der Waals surface area contributed by atoms with Gasteiger partial charge in [0.25, 0.3) is 0 Å². The van der Waals surface area contributed by atoms with E-state index >= 15 is 0 Å². The van der Waals surface area contributed by atoms with Crippen molar-refractivity contribution in [2.45, 2.75) is 31.0 Å². The Bertz CT molecular complexity index is 1050. The number of para-hydroxylation sites is 1. The van der Waals surface area contributed by atoms with Crippen molar-refractivity contribution in [2.24, 2.45) is 0 Å². The second kappa shape index (κ2) is 8.46. The lowest BCUT2D eigenvalue weighted by molar-refractivity contribution is -0.274. The van der Waals surface area contributed by atoms with Crippen LogP contribution >= 0.6 is 0 Å². The molecule has 3 aromatic rings. The lowest BCUT2D eigenvalue weighted by atomic mass is 9.94. The molecule has 0 saturated heterocycles. The van der Waals surface area contributed by atoms with Crippen molar-refractivity contribution in [3.8, 4) is 17.2 Å². The number of rotatable bonds is 7. The Morgan fingerprint density at radius 1 is 0.839 bits per heavy atom. The number of halogens is 4. The summed E-state index contributed by atoms with van der Waals surface area (Å²) in [6, 6.07) is 22.2. The highest BCUT2D eigenvalue weighted by Gasteiger charge is 2.43. The third kappa shape index (κ3) is 5.66. The molecule has 0 radical (unpaired) electrons. The van der Waals surface area contributed by atoms with Crippen LogP contribution in [0.25, 0.3) is 0 Å². The van der Waals surface area contributed by atoms with E-state index in [2.05, 4.69) is 4.74 Å². The third-order valence-corrected chi connectivity index (χ3v) is 5.13. The molecule has 1 aliphatic rings. The van der Waals surface area contributed by atoms with Gasteiger partial charge in [0.15, 0.2) is 0 Å². The van der Waals surface area contributed by atoms with Gasteiger partial charge in [-0.1, -0.05) is 42.5 Å². The van der Waals surface area contributed by atoms with Crippen LogP contribution in [-0.2, 0) is 11.8 Å². The summed E-state index contributed by atoms with van der Waals surface area (Å²) >= 11 is 0. The Morgan fingerprint density at radius 3 is 2.16 bits per heavy atom. The highest BCUT2D eigenvalue weighted by Crippen LogP contribution is 2.50. The van der Waals surface area contributed by atoms with Crippen molar-refractivity contribution < 1.29 is 27.0 Å². The average Bonchev–Trinajstić information content (AvgIpc) is 3.48. The lowest BCUT2D eigenvalue weighted by Gasteiger charge is -2.14. The van der Waals surface area contributed by atoms with Gasteiger partial charge in [-0.05, 0) is 66.4 Å². The number of ether oxygens (including phenoxy) is 2. The first kappa shape index (κ1) is 21.0. The maximum Gasteiger partial charge on any atom is 0.573 e. The predicted molar refractivity (Wildman–Crippen MR) is 110 cm³/mol. The lowest BCUT2D eigenvalue weighted by Crippen LogP contribution is -2.17. The van der Waals surface area contributed by atoms with E-state index < -0.39 is 11.8 Å². The van der Waals surface area contributed by atoms with Gasteiger partial charge in [-0.3, -0.25) is 0 Å². The summed E-state index contributed by atoms with van der Waals surface area (Å²) in [6.45, 7) is 0. The smallest absolute Gasteiger partial charge is 0.457 e. The van der Waals surface area contributed by atoms with Crippen molar-refractivity contribution in [3.05, 3.63) is 102 Å². The zero-order valence-electron chi connectivity index (χ0n) is 16.5. The molecule has 0 aromatic heterocycles. The Morgan fingerprint density at radius 2 is 1.52 bits per heavy atom. The van der Waals surface area contributed by atoms with E-state index in [1.165, 1.54) is 12.1 Å². The van der Waals surface area contributed by atoms with Gasteiger partial charge in [0.05, 0.1) is 0 Å². The molecular weight excluding hydrogens is 408 g/mol. The summed E-state index contributed by atoms with van der Waals surface area (Å²) in [5.41, 5.74) is 1.07. The molecule has 0 amide bonds. The van der Waals surface area contributed by atoms with Crippen molar-refractivity contribution >= 4 is 0 Å². The number of alkyl halides is 3. The summed E-state index contributed by atoms with van der Waals surface area (Å²) in [5, 5.41) is 0. The minimum absolute atomic E-state index is 0.114. The molecule has 1 fully saturated rings. The molecule has 1 saturated carbocycles. The van der Waals surface area contributed by atoms with Crippen LogP contribution in [0.3, 0.4) is 0 Å². The summed E-state index contributed by atoms with van der Waals surface area (Å²) < 4.78 is 61.5. The Hall–Kier alpha value is -3.28. The van der Waals surface area contributed by atoms with Gasteiger partial charge in [-0.2, -0.15) is 0 Å². The van der Waals surface area contributed by atoms with Crippen LogP contribution in [0.5, 0.6) is 17.2 Å². The molecule has 0 atom stereocenters. The van der Waals surface area contributed by atoms with Gasteiger partial charge in [0.2, 0.25) is 0 Å². The zero-order valence-corrected chi connectivity index (χ0v) is 16.5. The van der Waals surface area contributed by atoms with Crippen LogP contribution in [0.15, 0.2) is 90.8 Å². The predicted octanol–water partition coefficient (Wildman–Crippen LogP) is 7.51. The van der Waals surface area contributed by atoms with Gasteiger partial charge < -0.3 is 9.47 Å². The molecule has 160 valence electrons. The van der Waals surface area contributed by atoms with E-state index in [1.54, 1.807) is 24.3 Å². The first-order chi connectivity index (χ1) is 14.8. The van der Waals surface area contributed by atoms with Crippen molar-refractivity contribution in [2.75, 3.05) is 0 Å². The second-order valence-electron chi connectivity index (χ2n) is 7.56. The van der Waals surface area contributed by atoms with E-state index in [4.69, 9.17) is 4.74 Å². The van der Waals surface area contributed by atoms with Gasteiger partial charge in [-0.15, -0.1) is 13.2 Å². The van der Waals surface area contributed by atoms with E-state index in [-0.39, 0.29) is 18.0 Å². The standard InChI is InChI=1S/C25H20F4O2/c26-20(15-18-5-4-8-23(16-18)30-21-6-2-1-3-7-21)17-24(13-14-24)19-9-11-22(12-10-19)31-25(27,28)29/h1-12,16-17H,13-15H2/b20-17-.